The van der Waals surface area contributed by atoms with Crippen LogP contribution in [0.2, 0.25) is 0 Å². The Labute approximate surface area is 73.0 Å². The van der Waals surface area contributed by atoms with Gasteiger partial charge < -0.3 is 0 Å². The molecule has 1 aromatic rings. The van der Waals surface area contributed by atoms with E-state index in [-0.39, 0.29) is 0 Å². The molecule has 0 heterocycles. The van der Waals surface area contributed by atoms with E-state index in [1.54, 1.807) is 0 Å². The third-order valence-electron chi connectivity index (χ3n) is 1.66. The molecule has 0 unspecified atom stereocenters. The van der Waals surface area contributed by atoms with Crippen LogP contribution >= 0.6 is 11.8 Å². The molecule has 0 aromatic heterocycles. The number of hydrogen-bond acceptors (Lipinski definition) is 1. The average molecular weight is 166 g/mol. The molecule has 0 N–H and O–H groups in total. The lowest BCUT2D eigenvalue weighted by Crippen LogP contribution is -1.90. The van der Waals surface area contributed by atoms with Crippen molar-refractivity contribution < 1.29 is 0 Å². The summed E-state index contributed by atoms with van der Waals surface area (Å²) in [5.41, 5.74) is 0. The summed E-state index contributed by atoms with van der Waals surface area (Å²) >= 11 is 1.94. The number of benzene rings is 1. The lowest BCUT2D eigenvalue weighted by atomic mass is 10.4. The van der Waals surface area contributed by atoms with Gasteiger partial charge in [0.25, 0.3) is 0 Å². The molecule has 1 heteroatoms. The summed E-state index contributed by atoms with van der Waals surface area (Å²) in [6.45, 7) is 4.48. The van der Waals surface area contributed by atoms with Crippen molar-refractivity contribution in [1.29, 1.82) is 0 Å². The van der Waals surface area contributed by atoms with E-state index >= 15 is 0 Å². The van der Waals surface area contributed by atoms with Crippen LogP contribution in [0.25, 0.3) is 0 Å². The molecule has 0 amide bonds. The topological polar surface area (TPSA) is 0 Å². The molecule has 1 aromatic carbocycles. The first-order valence-electron chi connectivity index (χ1n) is 4.04. The van der Waals surface area contributed by atoms with Crippen LogP contribution in [-0.2, 0) is 0 Å². The SMILES string of the molecule is CC[C@@H](C)Sc1ccccc1. The predicted octanol–water partition coefficient (Wildman–Crippen LogP) is 3.58. The molecule has 0 bridgehead atoms. The zero-order chi connectivity index (χ0) is 8.10. The largest absolute Gasteiger partial charge is 0.123 e. The molecule has 0 aliphatic heterocycles. The summed E-state index contributed by atoms with van der Waals surface area (Å²) in [7, 11) is 0. The summed E-state index contributed by atoms with van der Waals surface area (Å²) in [6, 6.07) is 10.6. The van der Waals surface area contributed by atoms with Crippen molar-refractivity contribution in [3.63, 3.8) is 0 Å². The van der Waals surface area contributed by atoms with E-state index in [0.717, 1.165) is 5.25 Å². The van der Waals surface area contributed by atoms with Crippen molar-refractivity contribution in [2.45, 2.75) is 30.4 Å². The van der Waals surface area contributed by atoms with Gasteiger partial charge in [-0.05, 0) is 18.6 Å². The molecule has 0 aliphatic rings. The van der Waals surface area contributed by atoms with E-state index in [4.69, 9.17) is 0 Å². The van der Waals surface area contributed by atoms with E-state index in [1.165, 1.54) is 11.3 Å². The van der Waals surface area contributed by atoms with Gasteiger partial charge in [-0.15, -0.1) is 11.8 Å². The van der Waals surface area contributed by atoms with Crippen LogP contribution in [0.3, 0.4) is 0 Å². The fraction of sp³-hybridized carbons (Fsp3) is 0.400. The molecule has 11 heavy (non-hydrogen) atoms. The third-order valence-corrected chi connectivity index (χ3v) is 2.94. The van der Waals surface area contributed by atoms with E-state index in [2.05, 4.69) is 44.2 Å². The smallest absolute Gasteiger partial charge is 0.00746 e. The van der Waals surface area contributed by atoms with Gasteiger partial charge in [0.2, 0.25) is 0 Å². The van der Waals surface area contributed by atoms with Crippen LogP contribution in [0.5, 0.6) is 0 Å². The Bertz CT molecular complexity index is 193. The summed E-state index contributed by atoms with van der Waals surface area (Å²) in [5.74, 6) is 0. The molecular weight excluding hydrogens is 152 g/mol. The molecule has 0 saturated heterocycles. The molecular formula is C10H14S. The van der Waals surface area contributed by atoms with Gasteiger partial charge in [-0.3, -0.25) is 0 Å². The monoisotopic (exact) mass is 166 g/mol. The Kier molecular flexibility index (Phi) is 3.50. The Hall–Kier alpha value is -0.430. The molecule has 0 saturated carbocycles. The van der Waals surface area contributed by atoms with Crippen LogP contribution in [0.1, 0.15) is 20.3 Å². The molecule has 1 atom stereocenters. The minimum atomic E-state index is 0.734. The van der Waals surface area contributed by atoms with E-state index in [9.17, 15) is 0 Å². The van der Waals surface area contributed by atoms with Crippen molar-refractivity contribution >= 4 is 11.8 Å². The van der Waals surface area contributed by atoms with Crippen molar-refractivity contribution in [2.24, 2.45) is 0 Å². The predicted molar refractivity (Wildman–Crippen MR) is 52.1 cm³/mol. The van der Waals surface area contributed by atoms with Crippen molar-refractivity contribution in [2.75, 3.05) is 0 Å². The number of thioether (sulfide) groups is 1. The lowest BCUT2D eigenvalue weighted by molar-refractivity contribution is 0.905. The second-order valence-corrected chi connectivity index (χ2v) is 4.16. The average Bonchev–Trinajstić information content (AvgIpc) is 2.06. The maximum atomic E-state index is 2.26. The highest BCUT2D eigenvalue weighted by Crippen LogP contribution is 2.23. The van der Waals surface area contributed by atoms with Crippen LogP contribution in [0.4, 0.5) is 0 Å². The Morgan fingerprint density at radius 2 is 1.91 bits per heavy atom. The van der Waals surface area contributed by atoms with Crippen LogP contribution < -0.4 is 0 Å². The second-order valence-electron chi connectivity index (χ2n) is 2.65. The van der Waals surface area contributed by atoms with Crippen molar-refractivity contribution in [3.8, 4) is 0 Å². The van der Waals surface area contributed by atoms with Crippen LogP contribution in [0, 0.1) is 0 Å². The van der Waals surface area contributed by atoms with Crippen LogP contribution in [0.15, 0.2) is 35.2 Å². The van der Waals surface area contributed by atoms with Crippen LogP contribution in [-0.4, -0.2) is 5.25 Å². The van der Waals surface area contributed by atoms with Gasteiger partial charge in [0.15, 0.2) is 0 Å². The molecule has 0 radical (unpaired) electrons. The normalized spacial score (nSPS) is 12.9. The molecule has 1 rings (SSSR count). The second kappa shape index (κ2) is 4.45. The fourth-order valence-electron chi connectivity index (χ4n) is 0.815. The zero-order valence-corrected chi connectivity index (χ0v) is 7.90. The van der Waals surface area contributed by atoms with Gasteiger partial charge >= 0.3 is 0 Å². The van der Waals surface area contributed by atoms with Crippen molar-refractivity contribution in [3.05, 3.63) is 30.3 Å². The van der Waals surface area contributed by atoms with Gasteiger partial charge in [-0.1, -0.05) is 32.0 Å². The molecule has 60 valence electrons. The molecule has 0 spiro atoms. The van der Waals surface area contributed by atoms with E-state index in [0.29, 0.717) is 0 Å². The minimum absolute atomic E-state index is 0.734. The first-order valence-corrected chi connectivity index (χ1v) is 4.92. The van der Waals surface area contributed by atoms with Gasteiger partial charge in [-0.25, -0.2) is 0 Å². The summed E-state index contributed by atoms with van der Waals surface area (Å²) in [5, 5.41) is 0.734. The standard InChI is InChI=1S/C10H14S/c1-3-9(2)11-10-7-5-4-6-8-10/h4-9H,3H2,1-2H3/t9-/m1/s1. The van der Waals surface area contributed by atoms with E-state index in [1.807, 2.05) is 11.8 Å². The zero-order valence-electron chi connectivity index (χ0n) is 7.08. The first kappa shape index (κ1) is 8.66. The Balaban J connectivity index is 2.51. The Morgan fingerprint density at radius 1 is 1.27 bits per heavy atom. The highest BCUT2D eigenvalue weighted by atomic mass is 32.2. The maximum absolute atomic E-state index is 2.26. The van der Waals surface area contributed by atoms with Gasteiger partial charge in [0.1, 0.15) is 0 Å². The van der Waals surface area contributed by atoms with Gasteiger partial charge in [0, 0.05) is 10.1 Å². The minimum Gasteiger partial charge on any atom is -0.123 e. The summed E-state index contributed by atoms with van der Waals surface area (Å²) in [4.78, 5) is 1.38. The quantitative estimate of drug-likeness (QED) is 0.618. The van der Waals surface area contributed by atoms with E-state index < -0.39 is 0 Å². The van der Waals surface area contributed by atoms with Crippen molar-refractivity contribution in [1.82, 2.24) is 0 Å². The van der Waals surface area contributed by atoms with Gasteiger partial charge in [-0.2, -0.15) is 0 Å². The number of hydrogen-bond donors (Lipinski definition) is 0. The highest BCUT2D eigenvalue weighted by Gasteiger charge is 1.99. The highest BCUT2D eigenvalue weighted by molar-refractivity contribution is 7.99. The molecule has 0 fully saturated rings. The fourth-order valence-corrected chi connectivity index (χ4v) is 1.76. The summed E-state index contributed by atoms with van der Waals surface area (Å²) < 4.78 is 0. The van der Waals surface area contributed by atoms with Gasteiger partial charge in [0.05, 0.1) is 0 Å². The molecule has 0 aliphatic carbocycles. The maximum Gasteiger partial charge on any atom is 0.00746 e. The third kappa shape index (κ3) is 2.98. The molecule has 0 nitrogen and oxygen atoms in total. The lowest BCUT2D eigenvalue weighted by Gasteiger charge is -2.06. The number of rotatable bonds is 3. The summed E-state index contributed by atoms with van der Waals surface area (Å²) in [6.07, 6.45) is 1.24. The first-order chi connectivity index (χ1) is 5.33. The Morgan fingerprint density at radius 3 is 2.45 bits per heavy atom.